The van der Waals surface area contributed by atoms with Gasteiger partial charge in [0.1, 0.15) is 6.04 Å². The number of nitrogens with zero attached hydrogens (tertiary/aromatic N) is 3. The van der Waals surface area contributed by atoms with Crippen molar-refractivity contribution in [3.05, 3.63) is 30.1 Å². The van der Waals surface area contributed by atoms with Crippen molar-refractivity contribution in [2.75, 3.05) is 19.6 Å². The van der Waals surface area contributed by atoms with Crippen molar-refractivity contribution in [2.45, 2.75) is 39.3 Å². The lowest BCUT2D eigenvalue weighted by molar-refractivity contribution is -0.134. The average molecular weight is 304 g/mol. The first-order chi connectivity index (χ1) is 10.7. The summed E-state index contributed by atoms with van der Waals surface area (Å²) in [7, 11) is 0. The maximum atomic E-state index is 12.5. The number of hydrogen-bond donors (Lipinski definition) is 1. The van der Waals surface area contributed by atoms with E-state index in [1.54, 1.807) is 22.2 Å². The maximum absolute atomic E-state index is 12.5. The number of pyridine rings is 1. The van der Waals surface area contributed by atoms with E-state index < -0.39 is 0 Å². The molecule has 2 rings (SSSR count). The fourth-order valence-corrected chi connectivity index (χ4v) is 2.79. The molecule has 1 N–H and O–H groups in total. The van der Waals surface area contributed by atoms with E-state index >= 15 is 0 Å². The second kappa shape index (κ2) is 7.77. The Balaban J connectivity index is 1.94. The van der Waals surface area contributed by atoms with Gasteiger partial charge >= 0.3 is 6.03 Å². The first kappa shape index (κ1) is 16.3. The molecule has 2 heterocycles. The van der Waals surface area contributed by atoms with Crippen LogP contribution < -0.4 is 5.32 Å². The zero-order chi connectivity index (χ0) is 15.9. The number of carbonyl (C=O) groups is 2. The van der Waals surface area contributed by atoms with Crippen LogP contribution in [-0.4, -0.2) is 52.4 Å². The summed E-state index contributed by atoms with van der Waals surface area (Å²) in [4.78, 5) is 32.3. The second-order valence-corrected chi connectivity index (χ2v) is 5.38. The molecule has 1 fully saturated rings. The molecule has 0 spiro atoms. The molecule has 1 saturated heterocycles. The predicted octanol–water partition coefficient (Wildman–Crippen LogP) is 1.62. The minimum absolute atomic E-state index is 0.0570. The lowest BCUT2D eigenvalue weighted by Gasteiger charge is -2.29. The molecule has 6 heteroatoms. The largest absolute Gasteiger partial charge is 0.341 e. The Kier molecular flexibility index (Phi) is 5.75. The third kappa shape index (κ3) is 3.75. The molecule has 1 atom stereocenters. The van der Waals surface area contributed by atoms with Gasteiger partial charge in [0.05, 0.1) is 0 Å². The maximum Gasteiger partial charge on any atom is 0.318 e. The Labute approximate surface area is 131 Å². The van der Waals surface area contributed by atoms with Crippen molar-refractivity contribution >= 4 is 11.9 Å². The van der Waals surface area contributed by atoms with Crippen LogP contribution in [0, 0.1) is 0 Å². The molecule has 0 aliphatic carbocycles. The van der Waals surface area contributed by atoms with Crippen LogP contribution in [0.1, 0.15) is 32.3 Å². The Morgan fingerprint density at radius 2 is 2.00 bits per heavy atom. The third-order valence-corrected chi connectivity index (χ3v) is 4.07. The van der Waals surface area contributed by atoms with E-state index in [9.17, 15) is 9.59 Å². The van der Waals surface area contributed by atoms with E-state index in [-0.39, 0.29) is 18.0 Å². The molecule has 1 aromatic heterocycles. The summed E-state index contributed by atoms with van der Waals surface area (Å²) < 4.78 is 0. The zero-order valence-electron chi connectivity index (χ0n) is 13.3. The van der Waals surface area contributed by atoms with Crippen LogP contribution in [0.2, 0.25) is 0 Å². The van der Waals surface area contributed by atoms with Crippen molar-refractivity contribution < 1.29 is 9.59 Å². The molecule has 1 unspecified atom stereocenters. The molecular weight excluding hydrogens is 280 g/mol. The Morgan fingerprint density at radius 3 is 2.64 bits per heavy atom. The number of nitrogens with one attached hydrogen (secondary N) is 1. The molecule has 120 valence electrons. The molecule has 6 nitrogen and oxygen atoms in total. The first-order valence-corrected chi connectivity index (χ1v) is 7.89. The van der Waals surface area contributed by atoms with Gasteiger partial charge in [-0.1, -0.05) is 0 Å². The molecule has 0 saturated carbocycles. The number of likely N-dealkylation sites (N-methyl/N-ethyl adjacent to an activating group) is 1. The zero-order valence-corrected chi connectivity index (χ0v) is 13.3. The quantitative estimate of drug-likeness (QED) is 0.899. The second-order valence-electron chi connectivity index (χ2n) is 5.38. The van der Waals surface area contributed by atoms with Crippen molar-refractivity contribution in [3.8, 4) is 0 Å². The minimum atomic E-state index is -0.322. The summed E-state index contributed by atoms with van der Waals surface area (Å²) >= 11 is 0. The van der Waals surface area contributed by atoms with Crippen molar-refractivity contribution in [3.63, 3.8) is 0 Å². The fourth-order valence-electron chi connectivity index (χ4n) is 2.79. The molecule has 3 amide bonds. The van der Waals surface area contributed by atoms with Crippen molar-refractivity contribution in [2.24, 2.45) is 0 Å². The minimum Gasteiger partial charge on any atom is -0.341 e. The van der Waals surface area contributed by atoms with Gasteiger partial charge in [-0.15, -0.1) is 0 Å². The predicted molar refractivity (Wildman–Crippen MR) is 84.1 cm³/mol. The number of urea groups is 1. The number of aromatic nitrogens is 1. The number of likely N-dealkylation sites (tertiary alicyclic amines) is 1. The molecule has 0 aromatic carbocycles. The molecule has 22 heavy (non-hydrogen) atoms. The molecule has 1 aliphatic heterocycles. The lowest BCUT2D eigenvalue weighted by atomic mass is 10.2. The van der Waals surface area contributed by atoms with Crippen LogP contribution in [0.15, 0.2) is 24.5 Å². The molecule has 1 aliphatic rings. The molecule has 0 bridgehead atoms. The first-order valence-electron chi connectivity index (χ1n) is 7.89. The van der Waals surface area contributed by atoms with Gasteiger partial charge in [-0.25, -0.2) is 4.79 Å². The highest BCUT2D eigenvalue weighted by molar-refractivity contribution is 5.87. The van der Waals surface area contributed by atoms with Gasteiger partial charge in [0, 0.05) is 38.6 Å². The number of amides is 3. The van der Waals surface area contributed by atoms with Gasteiger partial charge in [-0.2, -0.15) is 0 Å². The highest BCUT2D eigenvalue weighted by atomic mass is 16.2. The van der Waals surface area contributed by atoms with Crippen LogP contribution in [0.25, 0.3) is 0 Å². The summed E-state index contributed by atoms with van der Waals surface area (Å²) in [5.74, 6) is 0.0570. The summed E-state index contributed by atoms with van der Waals surface area (Å²) in [6, 6.07) is 3.24. The summed E-state index contributed by atoms with van der Waals surface area (Å²) in [5.41, 5.74) is 0.995. The lowest BCUT2D eigenvalue weighted by Crippen LogP contribution is -2.50. The topological polar surface area (TPSA) is 65.5 Å². The fraction of sp³-hybridized carbons (Fsp3) is 0.562. The Bertz CT molecular complexity index is 502. The van der Waals surface area contributed by atoms with E-state index in [1.807, 2.05) is 26.0 Å². The average Bonchev–Trinajstić information content (AvgIpc) is 3.04. The van der Waals surface area contributed by atoms with Gasteiger partial charge in [-0.3, -0.25) is 9.78 Å². The highest BCUT2D eigenvalue weighted by Gasteiger charge is 2.35. The van der Waals surface area contributed by atoms with E-state index in [0.717, 1.165) is 18.4 Å². The SMILES string of the molecule is CCN(CC)C(=O)C1CCCN1C(=O)NCc1ccncc1. The van der Waals surface area contributed by atoms with Crippen LogP contribution >= 0.6 is 0 Å². The standard InChI is InChI=1S/C16H24N4O2/c1-3-19(4-2)15(21)14-6-5-11-20(14)16(22)18-12-13-7-9-17-10-8-13/h7-10,14H,3-6,11-12H2,1-2H3,(H,18,22). The summed E-state index contributed by atoms with van der Waals surface area (Å²) in [6.45, 7) is 6.37. The highest BCUT2D eigenvalue weighted by Crippen LogP contribution is 2.19. The smallest absolute Gasteiger partial charge is 0.318 e. The van der Waals surface area contributed by atoms with Gasteiger partial charge in [0.2, 0.25) is 5.91 Å². The monoisotopic (exact) mass is 304 g/mol. The van der Waals surface area contributed by atoms with Crippen LogP contribution in [-0.2, 0) is 11.3 Å². The normalized spacial score (nSPS) is 17.4. The summed E-state index contributed by atoms with van der Waals surface area (Å²) in [5, 5.41) is 2.89. The molecule has 0 radical (unpaired) electrons. The number of carbonyl (C=O) groups excluding carboxylic acids is 2. The number of hydrogen-bond acceptors (Lipinski definition) is 3. The Hall–Kier alpha value is -2.11. The Morgan fingerprint density at radius 1 is 1.32 bits per heavy atom. The van der Waals surface area contributed by atoms with E-state index in [2.05, 4.69) is 10.3 Å². The van der Waals surface area contributed by atoms with Gasteiger partial charge in [0.25, 0.3) is 0 Å². The van der Waals surface area contributed by atoms with Gasteiger partial charge in [-0.05, 0) is 44.4 Å². The van der Waals surface area contributed by atoms with E-state index in [4.69, 9.17) is 0 Å². The number of rotatable bonds is 5. The van der Waals surface area contributed by atoms with Crippen molar-refractivity contribution in [1.82, 2.24) is 20.1 Å². The third-order valence-electron chi connectivity index (χ3n) is 4.07. The van der Waals surface area contributed by atoms with Crippen LogP contribution in [0.5, 0.6) is 0 Å². The van der Waals surface area contributed by atoms with Gasteiger partial charge < -0.3 is 15.1 Å². The van der Waals surface area contributed by atoms with Gasteiger partial charge in [0.15, 0.2) is 0 Å². The molecular formula is C16H24N4O2. The van der Waals surface area contributed by atoms with E-state index in [1.165, 1.54) is 0 Å². The molecule has 1 aromatic rings. The van der Waals surface area contributed by atoms with E-state index in [0.29, 0.717) is 26.2 Å². The van der Waals surface area contributed by atoms with Crippen LogP contribution in [0.4, 0.5) is 4.79 Å². The van der Waals surface area contributed by atoms with Crippen molar-refractivity contribution in [1.29, 1.82) is 0 Å². The summed E-state index contributed by atoms with van der Waals surface area (Å²) in [6.07, 6.45) is 5.02. The van der Waals surface area contributed by atoms with Crippen LogP contribution in [0.3, 0.4) is 0 Å².